The number of rotatable bonds is 9. The highest BCUT2D eigenvalue weighted by Gasteiger charge is 2.23. The van der Waals surface area contributed by atoms with E-state index in [1.54, 1.807) is 57.4 Å². The molecule has 7 nitrogen and oxygen atoms in total. The fourth-order valence-corrected chi connectivity index (χ4v) is 3.69. The first-order valence-electron chi connectivity index (χ1n) is 8.90. The van der Waals surface area contributed by atoms with E-state index < -0.39 is 15.9 Å². The Morgan fingerprint density at radius 1 is 1.17 bits per heavy atom. The van der Waals surface area contributed by atoms with E-state index in [1.165, 1.54) is 6.07 Å². The molecule has 1 unspecified atom stereocenters. The van der Waals surface area contributed by atoms with Gasteiger partial charge in [-0.2, -0.15) is 0 Å². The quantitative estimate of drug-likeness (QED) is 0.647. The van der Waals surface area contributed by atoms with Crippen LogP contribution in [0.5, 0.6) is 11.5 Å². The molecule has 158 valence electrons. The first kappa shape index (κ1) is 22.8. The van der Waals surface area contributed by atoms with E-state index in [2.05, 4.69) is 5.32 Å². The van der Waals surface area contributed by atoms with Crippen LogP contribution < -0.4 is 19.1 Å². The SMILES string of the molecule is COc1ccc(OCC(C)NC(=O)CN(c2cc(Cl)ccc2C)S(C)(=O)=O)cc1. The zero-order chi connectivity index (χ0) is 21.6. The minimum absolute atomic E-state index is 0.229. The van der Waals surface area contributed by atoms with Crippen LogP contribution in [0.4, 0.5) is 5.69 Å². The summed E-state index contributed by atoms with van der Waals surface area (Å²) in [6.45, 7) is 3.41. The van der Waals surface area contributed by atoms with Crippen molar-refractivity contribution in [3.05, 3.63) is 53.1 Å². The molecular formula is C20H25ClN2O5S. The Kier molecular flexibility index (Phi) is 7.75. The highest BCUT2D eigenvalue weighted by atomic mass is 35.5. The van der Waals surface area contributed by atoms with Crippen LogP contribution in [0.3, 0.4) is 0 Å². The van der Waals surface area contributed by atoms with Crippen molar-refractivity contribution in [1.82, 2.24) is 5.32 Å². The highest BCUT2D eigenvalue weighted by molar-refractivity contribution is 7.92. The molecule has 1 N–H and O–H groups in total. The third-order valence-corrected chi connectivity index (χ3v) is 5.46. The summed E-state index contributed by atoms with van der Waals surface area (Å²) >= 11 is 6.00. The Balaban J connectivity index is 1.99. The fraction of sp³-hybridized carbons (Fsp3) is 0.350. The largest absolute Gasteiger partial charge is 0.497 e. The molecule has 0 saturated heterocycles. The van der Waals surface area contributed by atoms with E-state index in [1.807, 2.05) is 0 Å². The summed E-state index contributed by atoms with van der Waals surface area (Å²) in [4.78, 5) is 12.5. The van der Waals surface area contributed by atoms with Gasteiger partial charge in [0.05, 0.1) is 25.1 Å². The van der Waals surface area contributed by atoms with E-state index >= 15 is 0 Å². The number of methoxy groups -OCH3 is 1. The van der Waals surface area contributed by atoms with E-state index in [0.717, 1.165) is 16.3 Å². The Morgan fingerprint density at radius 3 is 2.38 bits per heavy atom. The zero-order valence-electron chi connectivity index (χ0n) is 16.8. The Hall–Kier alpha value is -2.45. The Morgan fingerprint density at radius 2 is 1.79 bits per heavy atom. The van der Waals surface area contributed by atoms with Crippen molar-refractivity contribution in [2.75, 3.05) is 30.8 Å². The lowest BCUT2D eigenvalue weighted by atomic mass is 10.2. The molecule has 2 rings (SSSR count). The first-order valence-corrected chi connectivity index (χ1v) is 11.1. The Labute approximate surface area is 176 Å². The molecule has 0 aliphatic rings. The van der Waals surface area contributed by atoms with Crippen molar-refractivity contribution in [2.45, 2.75) is 19.9 Å². The lowest BCUT2D eigenvalue weighted by molar-refractivity contribution is -0.120. The summed E-state index contributed by atoms with van der Waals surface area (Å²) in [5, 5.41) is 3.14. The van der Waals surface area contributed by atoms with Gasteiger partial charge in [-0.05, 0) is 55.8 Å². The number of sulfonamides is 1. The molecule has 1 amide bonds. The second-order valence-electron chi connectivity index (χ2n) is 6.66. The maximum absolute atomic E-state index is 12.5. The maximum atomic E-state index is 12.5. The molecule has 0 spiro atoms. The predicted octanol–water partition coefficient (Wildman–Crippen LogP) is 3.01. The summed E-state index contributed by atoms with van der Waals surface area (Å²) in [5.74, 6) is 0.913. The van der Waals surface area contributed by atoms with Gasteiger partial charge in [-0.3, -0.25) is 9.10 Å². The average Bonchev–Trinajstić information content (AvgIpc) is 2.66. The van der Waals surface area contributed by atoms with Gasteiger partial charge in [0.1, 0.15) is 24.7 Å². The number of carbonyl (C=O) groups excluding carboxylic acids is 1. The van der Waals surface area contributed by atoms with Gasteiger partial charge >= 0.3 is 0 Å². The molecule has 0 aliphatic carbocycles. The average molecular weight is 441 g/mol. The second-order valence-corrected chi connectivity index (χ2v) is 9.00. The van der Waals surface area contributed by atoms with Crippen LogP contribution in [0.25, 0.3) is 0 Å². The molecule has 2 aromatic rings. The molecule has 0 saturated carbocycles. The molecule has 0 heterocycles. The lowest BCUT2D eigenvalue weighted by Gasteiger charge is -2.25. The smallest absolute Gasteiger partial charge is 0.241 e. The van der Waals surface area contributed by atoms with E-state index in [-0.39, 0.29) is 19.2 Å². The standard InChI is InChI=1S/C20H25ClN2O5S/c1-14-5-6-16(21)11-19(14)23(29(4,25)26)12-20(24)22-15(2)13-28-18-9-7-17(27-3)8-10-18/h5-11,15H,12-13H2,1-4H3,(H,22,24). The molecule has 0 radical (unpaired) electrons. The molecule has 29 heavy (non-hydrogen) atoms. The Bertz CT molecular complexity index is 948. The van der Waals surface area contributed by atoms with Gasteiger partial charge in [-0.1, -0.05) is 17.7 Å². The molecule has 0 aromatic heterocycles. The molecule has 9 heteroatoms. The number of anilines is 1. The predicted molar refractivity (Wildman–Crippen MR) is 114 cm³/mol. The molecule has 0 bridgehead atoms. The highest BCUT2D eigenvalue weighted by Crippen LogP contribution is 2.26. The number of ether oxygens (including phenoxy) is 2. The van der Waals surface area contributed by atoms with E-state index in [0.29, 0.717) is 22.0 Å². The van der Waals surface area contributed by atoms with Gasteiger partial charge < -0.3 is 14.8 Å². The van der Waals surface area contributed by atoms with Crippen LogP contribution in [0.15, 0.2) is 42.5 Å². The topological polar surface area (TPSA) is 84.9 Å². The maximum Gasteiger partial charge on any atom is 0.241 e. The number of amides is 1. The minimum Gasteiger partial charge on any atom is -0.497 e. The second kappa shape index (κ2) is 9.84. The number of nitrogens with zero attached hydrogens (tertiary/aromatic N) is 1. The summed E-state index contributed by atoms with van der Waals surface area (Å²) in [6, 6.07) is 11.7. The van der Waals surface area contributed by atoms with Gasteiger partial charge in [0.25, 0.3) is 0 Å². The van der Waals surface area contributed by atoms with E-state index in [9.17, 15) is 13.2 Å². The summed E-state index contributed by atoms with van der Waals surface area (Å²) in [5.41, 5.74) is 1.07. The third-order valence-electron chi connectivity index (χ3n) is 4.09. The van der Waals surface area contributed by atoms with Crippen molar-refractivity contribution in [1.29, 1.82) is 0 Å². The fourth-order valence-electron chi connectivity index (χ4n) is 2.62. The number of hydrogen-bond donors (Lipinski definition) is 1. The van der Waals surface area contributed by atoms with E-state index in [4.69, 9.17) is 21.1 Å². The summed E-state index contributed by atoms with van der Waals surface area (Å²) in [7, 11) is -2.10. The van der Waals surface area contributed by atoms with Gasteiger partial charge in [-0.15, -0.1) is 0 Å². The third kappa shape index (κ3) is 6.83. The van der Waals surface area contributed by atoms with Crippen molar-refractivity contribution >= 4 is 33.2 Å². The number of carbonyl (C=O) groups is 1. The van der Waals surface area contributed by atoms with Crippen molar-refractivity contribution in [2.24, 2.45) is 0 Å². The number of benzene rings is 2. The summed E-state index contributed by atoms with van der Waals surface area (Å²) < 4.78 is 36.3. The van der Waals surface area contributed by atoms with Crippen LogP contribution in [0.1, 0.15) is 12.5 Å². The molecule has 0 aliphatic heterocycles. The van der Waals surface area contributed by atoms with Crippen LogP contribution in [0.2, 0.25) is 5.02 Å². The van der Waals surface area contributed by atoms with Gasteiger partial charge in [0.2, 0.25) is 15.9 Å². The monoisotopic (exact) mass is 440 g/mol. The van der Waals surface area contributed by atoms with Crippen molar-refractivity contribution in [3.8, 4) is 11.5 Å². The number of hydrogen-bond acceptors (Lipinski definition) is 5. The number of halogens is 1. The molecule has 2 aromatic carbocycles. The zero-order valence-corrected chi connectivity index (χ0v) is 18.4. The van der Waals surface area contributed by atoms with Crippen LogP contribution in [-0.2, 0) is 14.8 Å². The number of aryl methyl sites for hydroxylation is 1. The lowest BCUT2D eigenvalue weighted by Crippen LogP contribution is -2.45. The van der Waals surface area contributed by atoms with Crippen LogP contribution in [-0.4, -0.2) is 46.9 Å². The first-order chi connectivity index (χ1) is 13.6. The van der Waals surface area contributed by atoms with Crippen molar-refractivity contribution < 1.29 is 22.7 Å². The van der Waals surface area contributed by atoms with Crippen molar-refractivity contribution in [3.63, 3.8) is 0 Å². The van der Waals surface area contributed by atoms with Crippen LogP contribution in [0, 0.1) is 6.92 Å². The van der Waals surface area contributed by atoms with Gasteiger partial charge in [0, 0.05) is 5.02 Å². The number of nitrogens with one attached hydrogen (secondary N) is 1. The molecular weight excluding hydrogens is 416 g/mol. The molecule has 1 atom stereocenters. The summed E-state index contributed by atoms with van der Waals surface area (Å²) in [6.07, 6.45) is 1.05. The molecule has 0 fully saturated rings. The van der Waals surface area contributed by atoms with Crippen LogP contribution >= 0.6 is 11.6 Å². The minimum atomic E-state index is -3.68. The van der Waals surface area contributed by atoms with Gasteiger partial charge in [-0.25, -0.2) is 8.42 Å². The van der Waals surface area contributed by atoms with Gasteiger partial charge in [0.15, 0.2) is 0 Å². The normalized spacial score (nSPS) is 12.2.